The van der Waals surface area contributed by atoms with Crippen LogP contribution in [0.4, 0.5) is 5.95 Å². The summed E-state index contributed by atoms with van der Waals surface area (Å²) in [5.41, 5.74) is 0.325. The summed E-state index contributed by atoms with van der Waals surface area (Å²) in [7, 11) is 1.51. The molecule has 0 amide bonds. The zero-order chi connectivity index (χ0) is 21.0. The lowest BCUT2D eigenvalue weighted by molar-refractivity contribution is 0.0938. The summed E-state index contributed by atoms with van der Waals surface area (Å²) in [6, 6.07) is 7.46. The summed E-state index contributed by atoms with van der Waals surface area (Å²) in [5.74, 6) is 0.959. The Labute approximate surface area is 166 Å². The van der Waals surface area contributed by atoms with Gasteiger partial charge in [0.25, 0.3) is 5.56 Å². The van der Waals surface area contributed by atoms with Gasteiger partial charge in [-0.1, -0.05) is 17.7 Å². The Balaban J connectivity index is 1.86. The number of imidazole rings is 1. The van der Waals surface area contributed by atoms with Crippen LogP contribution in [0.2, 0.25) is 0 Å². The van der Waals surface area contributed by atoms with Crippen LogP contribution in [0.5, 0.6) is 5.75 Å². The SMILES string of the molecule is Cc1ccc(OCC(O)Cn2c(NCCCO)nc3c2c(=O)[nH]c(=O)n3C)cc1. The summed E-state index contributed by atoms with van der Waals surface area (Å²) < 4.78 is 8.37. The fourth-order valence-corrected chi connectivity index (χ4v) is 2.92. The second-order valence-electron chi connectivity index (χ2n) is 6.82. The molecule has 1 atom stereocenters. The lowest BCUT2D eigenvalue weighted by Gasteiger charge is -2.16. The molecule has 3 aromatic rings. The maximum Gasteiger partial charge on any atom is 0.329 e. The molecule has 10 heteroatoms. The maximum atomic E-state index is 12.4. The monoisotopic (exact) mass is 403 g/mol. The number of rotatable bonds is 9. The molecule has 0 aliphatic rings. The highest BCUT2D eigenvalue weighted by molar-refractivity contribution is 5.74. The summed E-state index contributed by atoms with van der Waals surface area (Å²) in [6.07, 6.45) is -0.443. The number of aromatic nitrogens is 4. The largest absolute Gasteiger partial charge is 0.491 e. The van der Waals surface area contributed by atoms with E-state index < -0.39 is 17.4 Å². The molecule has 0 aliphatic carbocycles. The maximum absolute atomic E-state index is 12.4. The molecule has 0 fully saturated rings. The van der Waals surface area contributed by atoms with Gasteiger partial charge in [0.2, 0.25) is 5.95 Å². The first-order valence-electron chi connectivity index (χ1n) is 9.32. The molecule has 0 saturated heterocycles. The molecule has 29 heavy (non-hydrogen) atoms. The van der Waals surface area contributed by atoms with Crippen LogP contribution in [-0.4, -0.2) is 55.2 Å². The number of hydrogen-bond donors (Lipinski definition) is 4. The van der Waals surface area contributed by atoms with Gasteiger partial charge in [-0.05, 0) is 25.5 Å². The summed E-state index contributed by atoms with van der Waals surface area (Å²) in [6.45, 7) is 2.44. The lowest BCUT2D eigenvalue weighted by Crippen LogP contribution is -2.31. The zero-order valence-corrected chi connectivity index (χ0v) is 16.4. The third-order valence-electron chi connectivity index (χ3n) is 4.48. The van der Waals surface area contributed by atoms with Gasteiger partial charge in [-0.15, -0.1) is 0 Å². The fourth-order valence-electron chi connectivity index (χ4n) is 2.92. The van der Waals surface area contributed by atoms with E-state index in [1.54, 1.807) is 0 Å². The highest BCUT2D eigenvalue weighted by atomic mass is 16.5. The van der Waals surface area contributed by atoms with Crippen LogP contribution < -0.4 is 21.3 Å². The molecule has 2 heterocycles. The van der Waals surface area contributed by atoms with E-state index in [2.05, 4.69) is 15.3 Å². The number of aromatic amines is 1. The van der Waals surface area contributed by atoms with Crippen LogP contribution >= 0.6 is 0 Å². The number of hydrogen-bond acceptors (Lipinski definition) is 7. The van der Waals surface area contributed by atoms with Crippen molar-refractivity contribution in [3.63, 3.8) is 0 Å². The van der Waals surface area contributed by atoms with E-state index in [-0.39, 0.29) is 30.9 Å². The molecular weight excluding hydrogens is 378 g/mol. The number of fused-ring (bicyclic) bond motifs is 1. The number of H-pyrrole nitrogens is 1. The van der Waals surface area contributed by atoms with Crippen molar-refractivity contribution in [1.82, 2.24) is 19.1 Å². The fraction of sp³-hybridized carbons (Fsp3) is 0.421. The molecule has 2 aromatic heterocycles. The predicted molar refractivity (Wildman–Crippen MR) is 108 cm³/mol. The molecule has 10 nitrogen and oxygen atoms in total. The molecule has 1 aromatic carbocycles. The van der Waals surface area contributed by atoms with E-state index >= 15 is 0 Å². The Morgan fingerprint density at radius 2 is 2.00 bits per heavy atom. The van der Waals surface area contributed by atoms with Crippen molar-refractivity contribution >= 4 is 17.1 Å². The van der Waals surface area contributed by atoms with E-state index in [1.807, 2.05) is 31.2 Å². The topological polar surface area (TPSA) is 134 Å². The minimum absolute atomic E-state index is 0.000682. The Kier molecular flexibility index (Phi) is 6.35. The molecule has 156 valence electrons. The minimum atomic E-state index is -0.927. The number of nitrogens with zero attached hydrogens (tertiary/aromatic N) is 3. The van der Waals surface area contributed by atoms with Crippen molar-refractivity contribution in [3.05, 3.63) is 50.7 Å². The van der Waals surface area contributed by atoms with Crippen LogP contribution in [0.15, 0.2) is 33.9 Å². The average Bonchev–Trinajstić information content (AvgIpc) is 3.05. The van der Waals surface area contributed by atoms with E-state index in [4.69, 9.17) is 9.84 Å². The number of aliphatic hydroxyl groups is 2. The van der Waals surface area contributed by atoms with Crippen LogP contribution in [0.3, 0.4) is 0 Å². The first-order valence-corrected chi connectivity index (χ1v) is 9.32. The molecule has 3 rings (SSSR count). The van der Waals surface area contributed by atoms with Crippen molar-refractivity contribution < 1.29 is 14.9 Å². The minimum Gasteiger partial charge on any atom is -0.491 e. The van der Waals surface area contributed by atoms with Gasteiger partial charge in [0.05, 0.1) is 6.54 Å². The van der Waals surface area contributed by atoms with Crippen LogP contribution in [0.1, 0.15) is 12.0 Å². The average molecular weight is 403 g/mol. The Morgan fingerprint density at radius 1 is 1.28 bits per heavy atom. The van der Waals surface area contributed by atoms with Gasteiger partial charge in [-0.3, -0.25) is 14.3 Å². The second kappa shape index (κ2) is 8.93. The van der Waals surface area contributed by atoms with E-state index in [0.717, 1.165) is 5.56 Å². The molecule has 4 N–H and O–H groups in total. The Bertz CT molecular complexity index is 1080. The number of aryl methyl sites for hydroxylation is 2. The second-order valence-corrected chi connectivity index (χ2v) is 6.82. The normalized spacial score (nSPS) is 12.3. The van der Waals surface area contributed by atoms with Crippen molar-refractivity contribution in [2.45, 2.75) is 26.0 Å². The summed E-state index contributed by atoms with van der Waals surface area (Å²) >= 11 is 0. The molecule has 1 unspecified atom stereocenters. The lowest BCUT2D eigenvalue weighted by atomic mass is 10.2. The molecule has 0 radical (unpaired) electrons. The number of anilines is 1. The number of aliphatic hydroxyl groups excluding tert-OH is 2. The first kappa shape index (κ1) is 20.6. The highest BCUT2D eigenvalue weighted by Gasteiger charge is 2.19. The third kappa shape index (κ3) is 4.66. The molecule has 0 saturated carbocycles. The quantitative estimate of drug-likeness (QED) is 0.369. The summed E-state index contributed by atoms with van der Waals surface area (Å²) in [5, 5.41) is 22.5. The highest BCUT2D eigenvalue weighted by Crippen LogP contribution is 2.17. The number of benzene rings is 1. The predicted octanol–water partition coefficient (Wildman–Crippen LogP) is -0.0341. The van der Waals surface area contributed by atoms with Crippen molar-refractivity contribution in [2.24, 2.45) is 7.05 Å². The van der Waals surface area contributed by atoms with Crippen LogP contribution in [0, 0.1) is 6.92 Å². The van der Waals surface area contributed by atoms with E-state index in [9.17, 15) is 14.7 Å². The van der Waals surface area contributed by atoms with Gasteiger partial charge in [0, 0.05) is 20.2 Å². The van der Waals surface area contributed by atoms with Crippen LogP contribution in [0.25, 0.3) is 11.2 Å². The van der Waals surface area contributed by atoms with Crippen molar-refractivity contribution in [3.8, 4) is 5.75 Å². The summed E-state index contributed by atoms with van der Waals surface area (Å²) in [4.78, 5) is 30.9. The molecule has 0 aliphatic heterocycles. The van der Waals surface area contributed by atoms with Gasteiger partial charge < -0.3 is 24.8 Å². The van der Waals surface area contributed by atoms with Crippen molar-refractivity contribution in [1.29, 1.82) is 0 Å². The van der Waals surface area contributed by atoms with Gasteiger partial charge in [-0.2, -0.15) is 4.98 Å². The zero-order valence-electron chi connectivity index (χ0n) is 16.4. The van der Waals surface area contributed by atoms with Crippen molar-refractivity contribution in [2.75, 3.05) is 25.1 Å². The van der Waals surface area contributed by atoms with E-state index in [0.29, 0.717) is 24.7 Å². The van der Waals surface area contributed by atoms with Gasteiger partial charge in [0.15, 0.2) is 11.2 Å². The molecular formula is C19H25N5O5. The van der Waals surface area contributed by atoms with E-state index in [1.165, 1.54) is 16.2 Å². The number of nitrogens with one attached hydrogen (secondary N) is 2. The third-order valence-corrected chi connectivity index (χ3v) is 4.48. The Morgan fingerprint density at radius 3 is 2.69 bits per heavy atom. The molecule has 0 spiro atoms. The van der Waals surface area contributed by atoms with Crippen LogP contribution in [-0.2, 0) is 13.6 Å². The Hall–Kier alpha value is -3.11. The first-order chi connectivity index (χ1) is 13.9. The van der Waals surface area contributed by atoms with Gasteiger partial charge in [-0.25, -0.2) is 4.79 Å². The van der Waals surface area contributed by atoms with Gasteiger partial charge in [0.1, 0.15) is 18.5 Å². The smallest absolute Gasteiger partial charge is 0.329 e. The number of ether oxygens (including phenoxy) is 1. The molecule has 0 bridgehead atoms. The van der Waals surface area contributed by atoms with Gasteiger partial charge >= 0.3 is 5.69 Å². The standard InChI is InChI=1S/C19H25N5O5/c1-12-4-6-14(7-5-12)29-11-13(26)10-24-15-16(21-18(24)20-8-3-9-25)23(2)19(28)22-17(15)27/h4-7,13,25-26H,3,8-11H2,1-2H3,(H,20,21)(H,22,27,28).